The predicted octanol–water partition coefficient (Wildman–Crippen LogP) is 0.211. The summed E-state index contributed by atoms with van der Waals surface area (Å²) in [6.07, 6.45) is 0.813. The molecule has 1 aliphatic heterocycles. The average Bonchev–Trinajstić information content (AvgIpc) is 2.73. The third-order valence-corrected chi connectivity index (χ3v) is 3.18. The van der Waals surface area contributed by atoms with Gasteiger partial charge in [-0.3, -0.25) is 9.48 Å². The van der Waals surface area contributed by atoms with Gasteiger partial charge in [-0.05, 0) is 0 Å². The number of carbonyl (C=O) groups excluding carboxylic acids is 1. The summed E-state index contributed by atoms with van der Waals surface area (Å²) in [5.74, 6) is -0.0746. The normalized spacial score (nSPS) is 14.4. The average molecular weight is 253 g/mol. The van der Waals surface area contributed by atoms with Crippen molar-refractivity contribution in [2.24, 2.45) is 7.05 Å². The first-order valence-corrected chi connectivity index (χ1v) is 6.02. The SMILES string of the molecule is COCCN(C)C(=O)c1nn(C)c2c1COCC2. The van der Waals surface area contributed by atoms with E-state index in [9.17, 15) is 4.79 Å². The first kappa shape index (κ1) is 13.0. The van der Waals surface area contributed by atoms with Gasteiger partial charge in [-0.25, -0.2) is 0 Å². The Bertz CT molecular complexity index is 442. The summed E-state index contributed by atoms with van der Waals surface area (Å²) >= 11 is 0. The third kappa shape index (κ3) is 2.39. The first-order valence-electron chi connectivity index (χ1n) is 6.02. The van der Waals surface area contributed by atoms with E-state index >= 15 is 0 Å². The number of fused-ring (bicyclic) bond motifs is 1. The zero-order valence-electron chi connectivity index (χ0n) is 11.1. The molecule has 1 aromatic rings. The van der Waals surface area contributed by atoms with Crippen LogP contribution in [0.2, 0.25) is 0 Å². The van der Waals surface area contributed by atoms with Gasteiger partial charge in [0, 0.05) is 45.4 Å². The van der Waals surface area contributed by atoms with Gasteiger partial charge >= 0.3 is 0 Å². The summed E-state index contributed by atoms with van der Waals surface area (Å²) in [7, 11) is 5.25. The Morgan fingerprint density at radius 3 is 3.11 bits per heavy atom. The highest BCUT2D eigenvalue weighted by Crippen LogP contribution is 2.21. The molecule has 0 bridgehead atoms. The van der Waals surface area contributed by atoms with Crippen molar-refractivity contribution in [1.82, 2.24) is 14.7 Å². The minimum absolute atomic E-state index is 0.0746. The zero-order chi connectivity index (χ0) is 13.1. The summed E-state index contributed by atoms with van der Waals surface area (Å²) in [5.41, 5.74) is 2.54. The van der Waals surface area contributed by atoms with Crippen molar-refractivity contribution in [2.45, 2.75) is 13.0 Å². The molecule has 0 spiro atoms. The Hall–Kier alpha value is -1.40. The predicted molar refractivity (Wildman–Crippen MR) is 65.4 cm³/mol. The number of aromatic nitrogens is 2. The van der Waals surface area contributed by atoms with Gasteiger partial charge in [-0.1, -0.05) is 0 Å². The minimum Gasteiger partial charge on any atom is -0.383 e. The van der Waals surface area contributed by atoms with Crippen LogP contribution in [0.3, 0.4) is 0 Å². The maximum atomic E-state index is 12.3. The second-order valence-electron chi connectivity index (χ2n) is 4.42. The van der Waals surface area contributed by atoms with Crippen molar-refractivity contribution < 1.29 is 14.3 Å². The van der Waals surface area contributed by atoms with Gasteiger partial charge < -0.3 is 14.4 Å². The molecular formula is C12H19N3O3. The molecule has 1 amide bonds. The van der Waals surface area contributed by atoms with Crippen molar-refractivity contribution in [3.8, 4) is 0 Å². The van der Waals surface area contributed by atoms with Gasteiger partial charge in [0.1, 0.15) is 0 Å². The van der Waals surface area contributed by atoms with Crippen molar-refractivity contribution in [2.75, 3.05) is 33.9 Å². The highest BCUT2D eigenvalue weighted by atomic mass is 16.5. The summed E-state index contributed by atoms with van der Waals surface area (Å²) in [5, 5.41) is 4.33. The number of amides is 1. The Kier molecular flexibility index (Phi) is 3.98. The van der Waals surface area contributed by atoms with Gasteiger partial charge in [0.2, 0.25) is 0 Å². The highest BCUT2D eigenvalue weighted by Gasteiger charge is 2.25. The van der Waals surface area contributed by atoms with Crippen molar-refractivity contribution >= 4 is 5.91 Å². The number of nitrogens with zero attached hydrogens (tertiary/aromatic N) is 3. The number of aryl methyl sites for hydroxylation is 1. The molecule has 6 nitrogen and oxygen atoms in total. The van der Waals surface area contributed by atoms with E-state index < -0.39 is 0 Å². The lowest BCUT2D eigenvalue weighted by Gasteiger charge is -2.17. The molecule has 0 atom stereocenters. The van der Waals surface area contributed by atoms with Crippen LogP contribution in [-0.2, 0) is 29.5 Å². The third-order valence-electron chi connectivity index (χ3n) is 3.18. The molecule has 2 heterocycles. The van der Waals surface area contributed by atoms with Gasteiger partial charge in [0.05, 0.1) is 19.8 Å². The molecule has 0 fully saturated rings. The molecular weight excluding hydrogens is 234 g/mol. The molecule has 1 aromatic heterocycles. The fourth-order valence-corrected chi connectivity index (χ4v) is 2.09. The molecule has 18 heavy (non-hydrogen) atoms. The lowest BCUT2D eigenvalue weighted by atomic mass is 10.1. The van der Waals surface area contributed by atoms with Crippen LogP contribution in [-0.4, -0.2) is 54.5 Å². The van der Waals surface area contributed by atoms with Gasteiger partial charge in [-0.2, -0.15) is 5.10 Å². The maximum absolute atomic E-state index is 12.3. The molecule has 1 aliphatic rings. The summed E-state index contributed by atoms with van der Waals surface area (Å²) < 4.78 is 12.2. The van der Waals surface area contributed by atoms with Crippen LogP contribution < -0.4 is 0 Å². The monoisotopic (exact) mass is 253 g/mol. The smallest absolute Gasteiger partial charge is 0.274 e. The number of hydrogen-bond donors (Lipinski definition) is 0. The number of carbonyl (C=O) groups is 1. The number of likely N-dealkylation sites (N-methyl/N-ethyl adjacent to an activating group) is 1. The first-order chi connectivity index (χ1) is 8.65. The van der Waals surface area contributed by atoms with Crippen molar-refractivity contribution in [3.63, 3.8) is 0 Å². The zero-order valence-corrected chi connectivity index (χ0v) is 11.1. The molecule has 0 aliphatic carbocycles. The van der Waals surface area contributed by atoms with Gasteiger partial charge in [0.25, 0.3) is 5.91 Å². The van der Waals surface area contributed by atoms with E-state index in [1.165, 1.54) is 0 Å². The summed E-state index contributed by atoms with van der Waals surface area (Å²) in [6, 6.07) is 0. The standard InChI is InChI=1S/C12H19N3O3/c1-14(5-7-17-3)12(16)11-9-8-18-6-4-10(9)15(2)13-11/h4-8H2,1-3H3. The molecule has 0 radical (unpaired) electrons. The fourth-order valence-electron chi connectivity index (χ4n) is 2.09. The lowest BCUT2D eigenvalue weighted by Crippen LogP contribution is -2.31. The molecule has 0 saturated heterocycles. The molecule has 2 rings (SSSR count). The molecule has 0 aromatic carbocycles. The van der Waals surface area contributed by atoms with E-state index in [0.29, 0.717) is 32.1 Å². The van der Waals surface area contributed by atoms with Crippen LogP contribution in [0, 0.1) is 0 Å². The van der Waals surface area contributed by atoms with E-state index in [1.807, 2.05) is 7.05 Å². The molecule has 100 valence electrons. The number of rotatable bonds is 4. The van der Waals surface area contributed by atoms with E-state index in [-0.39, 0.29) is 5.91 Å². The van der Waals surface area contributed by atoms with E-state index in [2.05, 4.69) is 5.10 Å². The molecule has 0 saturated carbocycles. The molecule has 0 N–H and O–H groups in total. The Balaban J connectivity index is 2.20. The van der Waals surface area contributed by atoms with Crippen LogP contribution in [0.25, 0.3) is 0 Å². The van der Waals surface area contributed by atoms with Crippen LogP contribution in [0.5, 0.6) is 0 Å². The van der Waals surface area contributed by atoms with Crippen LogP contribution >= 0.6 is 0 Å². The van der Waals surface area contributed by atoms with E-state index in [4.69, 9.17) is 9.47 Å². The minimum atomic E-state index is -0.0746. The maximum Gasteiger partial charge on any atom is 0.274 e. The Morgan fingerprint density at radius 1 is 1.61 bits per heavy atom. The van der Waals surface area contributed by atoms with Gasteiger partial charge in [0.15, 0.2) is 5.69 Å². The van der Waals surface area contributed by atoms with Gasteiger partial charge in [-0.15, -0.1) is 0 Å². The Labute approximate surface area is 106 Å². The number of ether oxygens (including phenoxy) is 2. The summed E-state index contributed by atoms with van der Waals surface area (Å²) in [4.78, 5) is 13.9. The van der Waals surface area contributed by atoms with Crippen LogP contribution in [0.15, 0.2) is 0 Å². The van der Waals surface area contributed by atoms with Crippen molar-refractivity contribution in [3.05, 3.63) is 17.0 Å². The fraction of sp³-hybridized carbons (Fsp3) is 0.667. The largest absolute Gasteiger partial charge is 0.383 e. The second kappa shape index (κ2) is 5.49. The number of hydrogen-bond acceptors (Lipinski definition) is 4. The van der Waals surface area contributed by atoms with E-state index in [1.54, 1.807) is 23.7 Å². The van der Waals surface area contributed by atoms with Crippen LogP contribution in [0.1, 0.15) is 21.7 Å². The second-order valence-corrected chi connectivity index (χ2v) is 4.42. The molecule has 0 unspecified atom stereocenters. The lowest BCUT2D eigenvalue weighted by molar-refractivity contribution is 0.0726. The summed E-state index contributed by atoms with van der Waals surface area (Å²) in [6.45, 7) is 2.25. The van der Waals surface area contributed by atoms with Crippen molar-refractivity contribution in [1.29, 1.82) is 0 Å². The quantitative estimate of drug-likeness (QED) is 0.770. The number of methoxy groups -OCH3 is 1. The van der Waals surface area contributed by atoms with Crippen LogP contribution in [0.4, 0.5) is 0 Å². The van der Waals surface area contributed by atoms with E-state index in [0.717, 1.165) is 17.7 Å². The Morgan fingerprint density at radius 2 is 2.39 bits per heavy atom. The highest BCUT2D eigenvalue weighted by molar-refractivity contribution is 5.93. The molecule has 6 heteroatoms. The topological polar surface area (TPSA) is 56.6 Å².